The third kappa shape index (κ3) is 5.50. The standard InChI is InChI=1S/C30H32N6O5/c37-14-11-31-27(38)23-5-1-3-21(15-23)22-4-2-6-24(16-22)36-26-25(17-33-36)29(40)35(19-32-26)18-30(41)9-12-34(13-10-30)28(39)20-7-8-20/h1-6,15-17,19-20,37,41H,7-14,18H2,(H,31,38). The van der Waals surface area contributed by atoms with Crippen molar-refractivity contribution in [2.24, 2.45) is 5.92 Å². The molecule has 1 saturated carbocycles. The number of nitrogens with zero attached hydrogens (tertiary/aromatic N) is 5. The number of aliphatic hydroxyl groups is 2. The van der Waals surface area contributed by atoms with E-state index in [-0.39, 0.29) is 43.0 Å². The van der Waals surface area contributed by atoms with E-state index in [9.17, 15) is 19.5 Å². The monoisotopic (exact) mass is 556 g/mol. The van der Waals surface area contributed by atoms with Crippen molar-refractivity contribution in [2.45, 2.75) is 37.8 Å². The second-order valence-electron chi connectivity index (χ2n) is 10.9. The van der Waals surface area contributed by atoms with E-state index in [0.29, 0.717) is 48.2 Å². The van der Waals surface area contributed by atoms with Gasteiger partial charge in [-0.15, -0.1) is 0 Å². The van der Waals surface area contributed by atoms with Crippen LogP contribution in [0.4, 0.5) is 0 Å². The van der Waals surface area contributed by atoms with Gasteiger partial charge in [0.1, 0.15) is 11.7 Å². The van der Waals surface area contributed by atoms with Crippen LogP contribution in [0.1, 0.15) is 36.0 Å². The molecule has 1 aliphatic heterocycles. The van der Waals surface area contributed by atoms with Crippen molar-refractivity contribution in [1.82, 2.24) is 29.5 Å². The number of hydrogen-bond acceptors (Lipinski definition) is 7. The summed E-state index contributed by atoms with van der Waals surface area (Å²) in [5, 5.41) is 27.6. The van der Waals surface area contributed by atoms with Crippen LogP contribution in [-0.2, 0) is 11.3 Å². The van der Waals surface area contributed by atoms with Gasteiger partial charge in [-0.3, -0.25) is 19.0 Å². The molecular weight excluding hydrogens is 524 g/mol. The van der Waals surface area contributed by atoms with E-state index in [2.05, 4.69) is 15.4 Å². The second kappa shape index (κ2) is 10.9. The van der Waals surface area contributed by atoms with Gasteiger partial charge >= 0.3 is 0 Å². The SMILES string of the molecule is O=C(NCCO)c1cccc(-c2cccc(-n3ncc4c(=O)n(CC5(O)CCN(C(=O)C6CC6)CC5)cnc43)c2)c1. The number of benzene rings is 2. The molecule has 41 heavy (non-hydrogen) atoms. The zero-order valence-electron chi connectivity index (χ0n) is 22.6. The topological polar surface area (TPSA) is 143 Å². The minimum Gasteiger partial charge on any atom is -0.395 e. The van der Waals surface area contributed by atoms with Crippen LogP contribution in [-0.4, -0.2) is 78.1 Å². The summed E-state index contributed by atoms with van der Waals surface area (Å²) in [5.41, 5.74) is 1.88. The summed E-state index contributed by atoms with van der Waals surface area (Å²) in [5.74, 6) is 0.0688. The number of aliphatic hydroxyl groups excluding tert-OH is 1. The number of hydrogen-bond donors (Lipinski definition) is 3. The molecule has 2 fully saturated rings. The Balaban J connectivity index is 1.22. The highest BCUT2D eigenvalue weighted by Crippen LogP contribution is 2.33. The number of carbonyl (C=O) groups is 2. The summed E-state index contributed by atoms with van der Waals surface area (Å²) in [7, 11) is 0. The van der Waals surface area contributed by atoms with Crippen molar-refractivity contribution in [3.63, 3.8) is 0 Å². The normalized spacial score (nSPS) is 16.6. The van der Waals surface area contributed by atoms with E-state index in [1.165, 1.54) is 17.1 Å². The van der Waals surface area contributed by atoms with E-state index in [4.69, 9.17) is 5.11 Å². The minimum absolute atomic E-state index is 0.100. The van der Waals surface area contributed by atoms with Crippen molar-refractivity contribution < 1.29 is 19.8 Å². The Kier molecular flexibility index (Phi) is 7.14. The summed E-state index contributed by atoms with van der Waals surface area (Å²) < 4.78 is 3.02. The molecule has 3 heterocycles. The Bertz CT molecular complexity index is 1670. The number of piperidine rings is 1. The summed E-state index contributed by atoms with van der Waals surface area (Å²) in [6.07, 6.45) is 5.66. The lowest BCUT2D eigenvalue weighted by Gasteiger charge is -2.38. The largest absolute Gasteiger partial charge is 0.395 e. The molecule has 1 aliphatic carbocycles. The molecule has 0 spiro atoms. The van der Waals surface area contributed by atoms with Crippen molar-refractivity contribution in [2.75, 3.05) is 26.2 Å². The summed E-state index contributed by atoms with van der Waals surface area (Å²) in [6.45, 7) is 1.12. The maximum atomic E-state index is 13.4. The van der Waals surface area contributed by atoms with Crippen molar-refractivity contribution in [1.29, 1.82) is 0 Å². The molecule has 6 rings (SSSR count). The van der Waals surface area contributed by atoms with Crippen LogP contribution in [0.25, 0.3) is 27.8 Å². The molecule has 2 amide bonds. The predicted molar refractivity (Wildman–Crippen MR) is 151 cm³/mol. The Labute approximate surface area is 236 Å². The number of nitrogens with one attached hydrogen (secondary N) is 1. The zero-order chi connectivity index (χ0) is 28.6. The zero-order valence-corrected chi connectivity index (χ0v) is 22.6. The predicted octanol–water partition coefficient (Wildman–Crippen LogP) is 1.73. The quantitative estimate of drug-likeness (QED) is 0.300. The smallest absolute Gasteiger partial charge is 0.264 e. The van der Waals surface area contributed by atoms with Crippen LogP contribution in [0.2, 0.25) is 0 Å². The summed E-state index contributed by atoms with van der Waals surface area (Å²) in [4.78, 5) is 44.5. The van der Waals surface area contributed by atoms with Crippen LogP contribution in [0.3, 0.4) is 0 Å². The van der Waals surface area contributed by atoms with E-state index in [1.54, 1.807) is 22.9 Å². The van der Waals surface area contributed by atoms with Gasteiger partial charge in [0.2, 0.25) is 5.91 Å². The lowest BCUT2D eigenvalue weighted by Crippen LogP contribution is -2.50. The molecule has 0 radical (unpaired) electrons. The van der Waals surface area contributed by atoms with E-state index in [0.717, 1.165) is 24.0 Å². The molecular formula is C30H32N6O5. The van der Waals surface area contributed by atoms with Crippen molar-refractivity contribution in [3.05, 3.63) is 77.0 Å². The molecule has 0 bridgehead atoms. The maximum Gasteiger partial charge on any atom is 0.264 e. The highest BCUT2D eigenvalue weighted by atomic mass is 16.3. The van der Waals surface area contributed by atoms with E-state index in [1.807, 2.05) is 35.2 Å². The lowest BCUT2D eigenvalue weighted by molar-refractivity contribution is -0.137. The van der Waals surface area contributed by atoms with Gasteiger partial charge in [0.25, 0.3) is 11.5 Å². The molecule has 1 saturated heterocycles. The third-order valence-corrected chi connectivity index (χ3v) is 7.90. The van der Waals surface area contributed by atoms with Crippen LogP contribution in [0, 0.1) is 5.92 Å². The Morgan fingerprint density at radius 2 is 1.78 bits per heavy atom. The molecule has 0 unspecified atom stereocenters. The first-order chi connectivity index (χ1) is 19.8. The average molecular weight is 557 g/mol. The van der Waals surface area contributed by atoms with E-state index < -0.39 is 5.60 Å². The number of carbonyl (C=O) groups excluding carboxylic acids is 2. The molecule has 11 nitrogen and oxygen atoms in total. The minimum atomic E-state index is -1.09. The highest BCUT2D eigenvalue weighted by Gasteiger charge is 2.39. The highest BCUT2D eigenvalue weighted by molar-refractivity contribution is 5.95. The molecule has 212 valence electrons. The molecule has 0 atom stereocenters. The number of likely N-dealkylation sites (tertiary alicyclic amines) is 1. The van der Waals surface area contributed by atoms with E-state index >= 15 is 0 Å². The first-order valence-corrected chi connectivity index (χ1v) is 13.9. The summed E-state index contributed by atoms with van der Waals surface area (Å²) >= 11 is 0. The molecule has 4 aromatic rings. The molecule has 2 aromatic carbocycles. The van der Waals surface area contributed by atoms with Crippen molar-refractivity contribution in [3.8, 4) is 16.8 Å². The average Bonchev–Trinajstić information content (AvgIpc) is 3.76. The Hall–Kier alpha value is -4.35. The first-order valence-electron chi connectivity index (χ1n) is 13.9. The summed E-state index contributed by atoms with van der Waals surface area (Å²) in [6, 6.07) is 14.7. The fourth-order valence-corrected chi connectivity index (χ4v) is 5.39. The van der Waals surface area contributed by atoms with Gasteiger partial charge in [-0.05, 0) is 61.1 Å². The lowest BCUT2D eigenvalue weighted by atomic mass is 9.91. The molecule has 2 aromatic heterocycles. The molecule has 2 aliphatic rings. The van der Waals surface area contributed by atoms with Gasteiger partial charge in [0.05, 0.1) is 30.6 Å². The Morgan fingerprint density at radius 1 is 1.05 bits per heavy atom. The van der Waals surface area contributed by atoms with Crippen molar-refractivity contribution >= 4 is 22.8 Å². The fraction of sp³-hybridized carbons (Fsp3) is 0.367. The van der Waals surface area contributed by atoms with Crippen LogP contribution in [0.15, 0.2) is 65.8 Å². The number of rotatable bonds is 8. The van der Waals surface area contributed by atoms with Gasteiger partial charge in [-0.25, -0.2) is 9.67 Å². The van der Waals surface area contributed by atoms with Crippen LogP contribution >= 0.6 is 0 Å². The first kappa shape index (κ1) is 26.9. The molecule has 3 N–H and O–H groups in total. The number of aromatic nitrogens is 4. The number of fused-ring (bicyclic) bond motifs is 1. The van der Waals surface area contributed by atoms with Gasteiger partial charge in [-0.1, -0.05) is 24.3 Å². The maximum absolute atomic E-state index is 13.4. The van der Waals surface area contributed by atoms with Crippen LogP contribution in [0.5, 0.6) is 0 Å². The number of amides is 2. The van der Waals surface area contributed by atoms with Gasteiger partial charge in [0, 0.05) is 31.1 Å². The van der Waals surface area contributed by atoms with Gasteiger partial charge in [0.15, 0.2) is 5.65 Å². The Morgan fingerprint density at radius 3 is 2.51 bits per heavy atom. The molecule has 11 heteroatoms. The third-order valence-electron chi connectivity index (χ3n) is 7.90. The second-order valence-corrected chi connectivity index (χ2v) is 10.9. The van der Waals surface area contributed by atoms with Gasteiger partial charge < -0.3 is 20.4 Å². The van der Waals surface area contributed by atoms with Gasteiger partial charge in [-0.2, -0.15) is 5.10 Å². The fourth-order valence-electron chi connectivity index (χ4n) is 5.39. The van der Waals surface area contributed by atoms with Crippen LogP contribution < -0.4 is 10.9 Å².